The second-order valence-electron chi connectivity index (χ2n) is 3.32. The number of carbonyl (C=O) groups is 2. The fourth-order valence-corrected chi connectivity index (χ4v) is 1.20. The smallest absolute Gasteiger partial charge is 0.335 e. The van der Waals surface area contributed by atoms with Gasteiger partial charge in [0.15, 0.2) is 0 Å². The molecule has 1 amide bonds. The van der Waals surface area contributed by atoms with Crippen LogP contribution >= 0.6 is 0 Å². The third-order valence-electron chi connectivity index (χ3n) is 2.10. The van der Waals surface area contributed by atoms with E-state index in [-0.39, 0.29) is 23.2 Å². The third-order valence-corrected chi connectivity index (χ3v) is 2.10. The highest BCUT2D eigenvalue weighted by Crippen LogP contribution is 2.21. The molecule has 0 radical (unpaired) electrons. The van der Waals surface area contributed by atoms with Gasteiger partial charge in [0.25, 0.3) is 0 Å². The molecule has 0 saturated heterocycles. The molecule has 5 nitrogen and oxygen atoms in total. The molecule has 6 heteroatoms. The molecule has 0 fully saturated rings. The number of nitrogens with zero attached hydrogens (tertiary/aromatic N) is 1. The Morgan fingerprint density at radius 1 is 1.53 bits per heavy atom. The van der Waals surface area contributed by atoms with E-state index < -0.39 is 17.7 Å². The van der Waals surface area contributed by atoms with Crippen LogP contribution in [0.25, 0.3) is 0 Å². The summed E-state index contributed by atoms with van der Waals surface area (Å²) in [6.45, 7) is 1.41. The van der Waals surface area contributed by atoms with Crippen molar-refractivity contribution < 1.29 is 19.1 Å². The number of carboxylic acid groups (broad SMARTS) is 1. The average Bonchev–Trinajstić information content (AvgIpc) is 2.24. The van der Waals surface area contributed by atoms with Crippen molar-refractivity contribution in [2.24, 2.45) is 0 Å². The molecular formula is C11H9FN2O3. The molecule has 0 aliphatic heterocycles. The molecule has 0 heterocycles. The van der Waals surface area contributed by atoms with Crippen LogP contribution in [0.2, 0.25) is 0 Å². The number of hydrogen-bond acceptors (Lipinski definition) is 3. The summed E-state index contributed by atoms with van der Waals surface area (Å²) in [5.74, 6) is -2.63. The van der Waals surface area contributed by atoms with E-state index in [1.807, 2.05) is 0 Å². The van der Waals surface area contributed by atoms with Gasteiger partial charge in [0.1, 0.15) is 12.2 Å². The van der Waals surface area contributed by atoms with Gasteiger partial charge < -0.3 is 10.4 Å². The van der Waals surface area contributed by atoms with Gasteiger partial charge in [0, 0.05) is 11.3 Å². The van der Waals surface area contributed by atoms with Crippen LogP contribution in [0.1, 0.15) is 22.3 Å². The molecule has 0 saturated carbocycles. The van der Waals surface area contributed by atoms with E-state index in [0.29, 0.717) is 0 Å². The monoisotopic (exact) mass is 236 g/mol. The Kier molecular flexibility index (Phi) is 3.78. The zero-order valence-electron chi connectivity index (χ0n) is 8.95. The van der Waals surface area contributed by atoms with Crippen molar-refractivity contribution in [3.8, 4) is 6.07 Å². The van der Waals surface area contributed by atoms with Crippen LogP contribution in [0.4, 0.5) is 10.1 Å². The van der Waals surface area contributed by atoms with Crippen LogP contribution < -0.4 is 5.32 Å². The van der Waals surface area contributed by atoms with Gasteiger partial charge in [-0.15, -0.1) is 0 Å². The van der Waals surface area contributed by atoms with E-state index in [1.165, 1.54) is 6.92 Å². The van der Waals surface area contributed by atoms with E-state index in [0.717, 1.165) is 12.1 Å². The molecular weight excluding hydrogens is 227 g/mol. The SMILES string of the molecule is Cc1c(F)cc(C(=O)O)cc1NC(=O)CC#N. The lowest BCUT2D eigenvalue weighted by Gasteiger charge is -2.09. The largest absolute Gasteiger partial charge is 0.478 e. The van der Waals surface area contributed by atoms with Crippen molar-refractivity contribution in [3.63, 3.8) is 0 Å². The van der Waals surface area contributed by atoms with Crippen molar-refractivity contribution in [1.82, 2.24) is 0 Å². The van der Waals surface area contributed by atoms with Gasteiger partial charge in [-0.2, -0.15) is 5.26 Å². The molecule has 1 rings (SSSR count). The quantitative estimate of drug-likeness (QED) is 0.835. The van der Waals surface area contributed by atoms with Crippen molar-refractivity contribution >= 4 is 17.6 Å². The van der Waals surface area contributed by atoms with Crippen molar-refractivity contribution in [2.45, 2.75) is 13.3 Å². The molecule has 0 unspecified atom stereocenters. The predicted molar refractivity (Wildman–Crippen MR) is 57.0 cm³/mol. The molecule has 0 aliphatic rings. The molecule has 17 heavy (non-hydrogen) atoms. The molecule has 1 aromatic carbocycles. The summed E-state index contributed by atoms with van der Waals surface area (Å²) >= 11 is 0. The maximum Gasteiger partial charge on any atom is 0.335 e. The minimum atomic E-state index is -1.29. The minimum absolute atomic E-state index is 0.0580. The fourth-order valence-electron chi connectivity index (χ4n) is 1.20. The molecule has 0 aromatic heterocycles. The Morgan fingerprint density at radius 2 is 2.18 bits per heavy atom. The van der Waals surface area contributed by atoms with E-state index in [9.17, 15) is 14.0 Å². The molecule has 1 aromatic rings. The molecule has 2 N–H and O–H groups in total. The number of nitriles is 1. The molecule has 88 valence electrons. The van der Waals surface area contributed by atoms with Gasteiger partial charge in [0.05, 0.1) is 11.6 Å². The Balaban J connectivity index is 3.10. The number of halogens is 1. The predicted octanol–water partition coefficient (Wildman–Crippen LogP) is 1.68. The minimum Gasteiger partial charge on any atom is -0.478 e. The van der Waals surface area contributed by atoms with Crippen molar-refractivity contribution in [2.75, 3.05) is 5.32 Å². The Bertz CT molecular complexity index is 520. The van der Waals surface area contributed by atoms with E-state index in [2.05, 4.69) is 5.32 Å². The summed E-state index contributed by atoms with van der Waals surface area (Å²) in [6.07, 6.45) is -0.377. The highest BCUT2D eigenvalue weighted by molar-refractivity contribution is 5.95. The summed E-state index contributed by atoms with van der Waals surface area (Å²) in [5.41, 5.74) is -0.0794. The summed E-state index contributed by atoms with van der Waals surface area (Å²) in [4.78, 5) is 21.9. The number of amides is 1. The lowest BCUT2D eigenvalue weighted by molar-refractivity contribution is -0.115. The van der Waals surface area contributed by atoms with Gasteiger partial charge in [-0.25, -0.2) is 9.18 Å². The number of aromatic carboxylic acids is 1. The third kappa shape index (κ3) is 3.01. The number of hydrogen-bond donors (Lipinski definition) is 2. The number of nitrogens with one attached hydrogen (secondary N) is 1. The van der Waals surface area contributed by atoms with E-state index in [1.54, 1.807) is 6.07 Å². The average molecular weight is 236 g/mol. The van der Waals surface area contributed by atoms with Crippen LogP contribution in [0.15, 0.2) is 12.1 Å². The van der Waals surface area contributed by atoms with E-state index in [4.69, 9.17) is 10.4 Å². The highest BCUT2D eigenvalue weighted by Gasteiger charge is 2.13. The maximum atomic E-state index is 13.4. The van der Waals surface area contributed by atoms with Gasteiger partial charge in [-0.3, -0.25) is 4.79 Å². The number of anilines is 1. The first-order valence-corrected chi connectivity index (χ1v) is 4.66. The Morgan fingerprint density at radius 3 is 2.71 bits per heavy atom. The molecule has 0 atom stereocenters. The number of carboxylic acids is 1. The summed E-state index contributed by atoms with van der Waals surface area (Å²) < 4.78 is 13.4. The fraction of sp³-hybridized carbons (Fsp3) is 0.182. The lowest BCUT2D eigenvalue weighted by Crippen LogP contribution is -2.13. The Hall–Kier alpha value is -2.42. The van der Waals surface area contributed by atoms with Crippen LogP contribution in [0.3, 0.4) is 0 Å². The second-order valence-corrected chi connectivity index (χ2v) is 3.32. The van der Waals surface area contributed by atoms with Gasteiger partial charge >= 0.3 is 5.97 Å². The first-order valence-electron chi connectivity index (χ1n) is 4.66. The van der Waals surface area contributed by atoms with Gasteiger partial charge in [-0.1, -0.05) is 0 Å². The molecule has 0 aliphatic carbocycles. The Labute approximate surface area is 96.5 Å². The first-order chi connectivity index (χ1) is 7.95. The number of benzene rings is 1. The second kappa shape index (κ2) is 5.07. The first kappa shape index (κ1) is 12.6. The standard InChI is InChI=1S/C11H9FN2O3/c1-6-8(12)4-7(11(16)17)5-9(6)14-10(15)2-3-13/h4-5H,2H2,1H3,(H,14,15)(H,16,17). The zero-order chi connectivity index (χ0) is 13.0. The van der Waals surface area contributed by atoms with Crippen LogP contribution in [-0.2, 0) is 4.79 Å². The van der Waals surface area contributed by atoms with Gasteiger partial charge in [0.2, 0.25) is 5.91 Å². The molecule has 0 spiro atoms. The summed E-state index contributed by atoms with van der Waals surface area (Å²) in [5, 5.41) is 19.3. The lowest BCUT2D eigenvalue weighted by atomic mass is 10.1. The number of rotatable bonds is 3. The van der Waals surface area contributed by atoms with Crippen molar-refractivity contribution in [1.29, 1.82) is 5.26 Å². The summed E-state index contributed by atoms with van der Waals surface area (Å²) in [7, 11) is 0. The number of carbonyl (C=O) groups excluding carboxylic acids is 1. The van der Waals surface area contributed by atoms with Crippen LogP contribution in [0.5, 0.6) is 0 Å². The topological polar surface area (TPSA) is 90.2 Å². The van der Waals surface area contributed by atoms with E-state index >= 15 is 0 Å². The maximum absolute atomic E-state index is 13.4. The zero-order valence-corrected chi connectivity index (χ0v) is 8.95. The summed E-state index contributed by atoms with van der Waals surface area (Å²) in [6, 6.07) is 3.66. The van der Waals surface area contributed by atoms with Crippen LogP contribution in [0, 0.1) is 24.1 Å². The normalized spacial score (nSPS) is 9.47. The van der Waals surface area contributed by atoms with Crippen LogP contribution in [-0.4, -0.2) is 17.0 Å². The van der Waals surface area contributed by atoms with Gasteiger partial charge in [-0.05, 0) is 19.1 Å². The highest BCUT2D eigenvalue weighted by atomic mass is 19.1. The molecule has 0 bridgehead atoms. The van der Waals surface area contributed by atoms with Crippen molar-refractivity contribution in [3.05, 3.63) is 29.1 Å².